The van der Waals surface area contributed by atoms with Gasteiger partial charge in [-0.3, -0.25) is 4.79 Å². The van der Waals surface area contributed by atoms with Crippen LogP contribution in [0.4, 0.5) is 0 Å². The normalized spacial score (nSPS) is 28.8. The number of carbonyl (C=O) groups excluding carboxylic acids is 1. The first-order valence-electron chi connectivity index (χ1n) is 6.81. The number of carbonyl (C=O) groups is 1. The van der Waals surface area contributed by atoms with E-state index in [1.807, 2.05) is 41.5 Å². The molecule has 19 heavy (non-hydrogen) atoms. The molecule has 0 saturated carbocycles. The Morgan fingerprint density at radius 2 is 2.00 bits per heavy atom. The molecule has 0 aromatic heterocycles. The van der Waals surface area contributed by atoms with Crippen LogP contribution < -0.4 is 5.73 Å². The van der Waals surface area contributed by atoms with Gasteiger partial charge in [-0.1, -0.05) is 0 Å². The summed E-state index contributed by atoms with van der Waals surface area (Å²) in [6.45, 7) is 11.1. The maximum Gasteiger partial charge on any atom is 0.308 e. The van der Waals surface area contributed by atoms with E-state index in [0.717, 1.165) is 0 Å². The van der Waals surface area contributed by atoms with Crippen LogP contribution in [-0.4, -0.2) is 35.6 Å². The minimum absolute atomic E-state index is 0.0932. The van der Waals surface area contributed by atoms with E-state index in [0.29, 0.717) is 6.42 Å². The summed E-state index contributed by atoms with van der Waals surface area (Å²) in [6, 6.07) is -0.0932. The summed E-state index contributed by atoms with van der Waals surface area (Å²) in [5.41, 5.74) is 5.41. The summed E-state index contributed by atoms with van der Waals surface area (Å²) >= 11 is 0. The van der Waals surface area contributed by atoms with Crippen LogP contribution in [0.15, 0.2) is 0 Å². The maximum atomic E-state index is 11.8. The first-order chi connectivity index (χ1) is 8.48. The summed E-state index contributed by atoms with van der Waals surface area (Å²) in [5, 5.41) is 0. The van der Waals surface area contributed by atoms with E-state index in [2.05, 4.69) is 0 Å². The average Bonchev–Trinajstić information content (AvgIpc) is 2.10. The van der Waals surface area contributed by atoms with Crippen molar-refractivity contribution in [2.24, 2.45) is 5.73 Å². The van der Waals surface area contributed by atoms with Gasteiger partial charge in [-0.05, 0) is 41.5 Å². The second kappa shape index (κ2) is 5.77. The molecule has 0 aromatic carbocycles. The van der Waals surface area contributed by atoms with Crippen LogP contribution in [0.25, 0.3) is 0 Å². The van der Waals surface area contributed by atoms with Crippen LogP contribution >= 0.6 is 0 Å². The smallest absolute Gasteiger partial charge is 0.308 e. The van der Waals surface area contributed by atoms with Crippen LogP contribution in [0.1, 0.15) is 54.4 Å². The van der Waals surface area contributed by atoms with Gasteiger partial charge in [0.05, 0.1) is 18.6 Å². The van der Waals surface area contributed by atoms with Crippen molar-refractivity contribution in [2.75, 3.05) is 0 Å². The summed E-state index contributed by atoms with van der Waals surface area (Å²) in [5.74, 6) is -0.970. The zero-order valence-electron chi connectivity index (χ0n) is 12.9. The quantitative estimate of drug-likeness (QED) is 0.796. The van der Waals surface area contributed by atoms with E-state index >= 15 is 0 Å². The van der Waals surface area contributed by atoms with Gasteiger partial charge in [-0.2, -0.15) is 0 Å². The van der Waals surface area contributed by atoms with Crippen molar-refractivity contribution >= 4 is 5.97 Å². The highest BCUT2D eigenvalue weighted by molar-refractivity contribution is 5.70. The van der Waals surface area contributed by atoms with E-state index in [4.69, 9.17) is 19.9 Å². The molecular formula is C14H27NO4. The fourth-order valence-corrected chi connectivity index (χ4v) is 2.17. The largest absolute Gasteiger partial charge is 0.460 e. The molecule has 112 valence electrons. The zero-order chi connectivity index (χ0) is 14.8. The van der Waals surface area contributed by atoms with Crippen molar-refractivity contribution in [3.05, 3.63) is 0 Å². The minimum atomic E-state index is -0.719. The lowest BCUT2D eigenvalue weighted by molar-refractivity contribution is -0.302. The molecule has 1 aliphatic rings. The second-order valence-electron chi connectivity index (χ2n) is 6.68. The van der Waals surface area contributed by atoms with Gasteiger partial charge in [-0.25, -0.2) is 0 Å². The van der Waals surface area contributed by atoms with E-state index in [9.17, 15) is 4.79 Å². The van der Waals surface area contributed by atoms with Gasteiger partial charge in [0.1, 0.15) is 5.60 Å². The molecule has 2 N–H and O–H groups in total. The van der Waals surface area contributed by atoms with E-state index < -0.39 is 11.4 Å². The number of hydrogen-bond donors (Lipinski definition) is 1. The van der Waals surface area contributed by atoms with Gasteiger partial charge in [0, 0.05) is 12.5 Å². The van der Waals surface area contributed by atoms with E-state index in [-0.39, 0.29) is 30.6 Å². The first-order valence-corrected chi connectivity index (χ1v) is 6.81. The molecule has 0 radical (unpaired) electrons. The number of hydrogen-bond acceptors (Lipinski definition) is 5. The molecule has 3 atom stereocenters. The Hall–Kier alpha value is -0.650. The molecule has 1 unspecified atom stereocenters. The van der Waals surface area contributed by atoms with Gasteiger partial charge in [0.15, 0.2) is 5.79 Å². The second-order valence-corrected chi connectivity index (χ2v) is 6.68. The van der Waals surface area contributed by atoms with Crippen LogP contribution in [0.3, 0.4) is 0 Å². The number of nitrogens with two attached hydrogens (primary N) is 1. The van der Waals surface area contributed by atoms with Gasteiger partial charge < -0.3 is 19.9 Å². The molecule has 0 spiro atoms. The molecule has 0 amide bonds. The molecule has 1 heterocycles. The van der Waals surface area contributed by atoms with E-state index in [1.165, 1.54) is 0 Å². The zero-order valence-corrected chi connectivity index (χ0v) is 12.9. The summed E-state index contributed by atoms with van der Waals surface area (Å²) in [6.07, 6.45) is 0.527. The SMILES string of the molecule is CC(N)[C@H]1C[C@H](CC(=O)OC(C)(C)C)OC(C)(C)O1. The summed E-state index contributed by atoms with van der Waals surface area (Å²) in [7, 11) is 0. The minimum Gasteiger partial charge on any atom is -0.460 e. The molecule has 5 nitrogen and oxygen atoms in total. The molecule has 0 bridgehead atoms. The van der Waals surface area contributed by atoms with Gasteiger partial charge in [-0.15, -0.1) is 0 Å². The molecule has 5 heteroatoms. The van der Waals surface area contributed by atoms with Crippen LogP contribution in [0.5, 0.6) is 0 Å². The Morgan fingerprint density at radius 1 is 1.42 bits per heavy atom. The number of esters is 1. The first kappa shape index (κ1) is 16.4. The molecule has 0 aromatic rings. The van der Waals surface area contributed by atoms with Gasteiger partial charge in [0.2, 0.25) is 0 Å². The fraction of sp³-hybridized carbons (Fsp3) is 0.929. The highest BCUT2D eigenvalue weighted by Crippen LogP contribution is 2.29. The lowest BCUT2D eigenvalue weighted by Crippen LogP contribution is -2.51. The Balaban J connectivity index is 2.60. The standard InChI is InChI=1S/C14H27NO4/c1-9(15)11-7-10(17-14(5,6)18-11)8-12(16)19-13(2,3)4/h9-11H,7-8,15H2,1-6H3/t9?,10-,11-/m1/s1. The molecular weight excluding hydrogens is 246 g/mol. The lowest BCUT2D eigenvalue weighted by atomic mass is 10.0. The van der Waals surface area contributed by atoms with Gasteiger partial charge >= 0.3 is 5.97 Å². The van der Waals surface area contributed by atoms with Crippen molar-refractivity contribution in [3.8, 4) is 0 Å². The highest BCUT2D eigenvalue weighted by atomic mass is 16.7. The van der Waals surface area contributed by atoms with Crippen molar-refractivity contribution in [2.45, 2.75) is 84.0 Å². The fourth-order valence-electron chi connectivity index (χ4n) is 2.17. The number of rotatable bonds is 3. The molecule has 1 saturated heterocycles. The third-order valence-corrected chi connectivity index (χ3v) is 2.78. The average molecular weight is 273 g/mol. The predicted molar refractivity (Wildman–Crippen MR) is 72.6 cm³/mol. The maximum absolute atomic E-state index is 11.8. The summed E-state index contributed by atoms with van der Waals surface area (Å²) in [4.78, 5) is 11.8. The third kappa shape index (κ3) is 5.89. The Labute approximate surface area is 115 Å². The van der Waals surface area contributed by atoms with Crippen molar-refractivity contribution < 1.29 is 19.0 Å². The Kier molecular flexibility index (Phi) is 4.98. The molecule has 0 aliphatic carbocycles. The molecule has 1 fully saturated rings. The van der Waals surface area contributed by atoms with E-state index in [1.54, 1.807) is 0 Å². The van der Waals surface area contributed by atoms with Crippen molar-refractivity contribution in [3.63, 3.8) is 0 Å². The monoisotopic (exact) mass is 273 g/mol. The Morgan fingerprint density at radius 3 is 2.47 bits per heavy atom. The van der Waals surface area contributed by atoms with Gasteiger partial charge in [0.25, 0.3) is 0 Å². The lowest BCUT2D eigenvalue weighted by Gasteiger charge is -2.42. The van der Waals surface area contributed by atoms with Crippen LogP contribution in [0.2, 0.25) is 0 Å². The van der Waals surface area contributed by atoms with Crippen molar-refractivity contribution in [1.29, 1.82) is 0 Å². The third-order valence-electron chi connectivity index (χ3n) is 2.78. The molecule has 1 aliphatic heterocycles. The van der Waals surface area contributed by atoms with Crippen LogP contribution in [-0.2, 0) is 19.0 Å². The molecule has 1 rings (SSSR count). The highest BCUT2D eigenvalue weighted by Gasteiger charge is 2.38. The van der Waals surface area contributed by atoms with Crippen molar-refractivity contribution in [1.82, 2.24) is 0 Å². The summed E-state index contributed by atoms with van der Waals surface area (Å²) < 4.78 is 16.8. The number of ether oxygens (including phenoxy) is 3. The Bertz CT molecular complexity index is 320. The predicted octanol–water partition coefficient (Wildman–Crippen LogP) is 1.98. The topological polar surface area (TPSA) is 70.8 Å². The van der Waals surface area contributed by atoms with Crippen LogP contribution in [0, 0.1) is 0 Å².